The summed E-state index contributed by atoms with van der Waals surface area (Å²) in [6, 6.07) is 9.05. The topological polar surface area (TPSA) is 77.4 Å². The molecule has 7 heteroatoms. The van der Waals surface area contributed by atoms with Crippen molar-refractivity contribution in [2.75, 3.05) is 11.9 Å². The third kappa shape index (κ3) is 4.69. The molecule has 1 amide bonds. The smallest absolute Gasteiger partial charge is 0.338 e. The zero-order chi connectivity index (χ0) is 16.8. The van der Waals surface area contributed by atoms with Crippen LogP contribution in [0.5, 0.6) is 0 Å². The van der Waals surface area contributed by atoms with Crippen LogP contribution in [0.25, 0.3) is 0 Å². The van der Waals surface area contributed by atoms with E-state index in [0.29, 0.717) is 22.9 Å². The molecular formula is C16H15ClN2O4. The van der Waals surface area contributed by atoms with Crippen molar-refractivity contribution in [3.8, 4) is 0 Å². The summed E-state index contributed by atoms with van der Waals surface area (Å²) in [5.74, 6) is -0.797. The van der Waals surface area contributed by atoms with E-state index in [1.807, 2.05) is 0 Å². The average molecular weight is 335 g/mol. The number of rotatable bonds is 5. The highest BCUT2D eigenvalue weighted by Crippen LogP contribution is 2.11. The van der Waals surface area contributed by atoms with Crippen LogP contribution < -0.4 is 10.9 Å². The zero-order valence-corrected chi connectivity index (χ0v) is 13.2. The van der Waals surface area contributed by atoms with Crippen molar-refractivity contribution < 1.29 is 14.3 Å². The Labute approximate surface area is 137 Å². The molecule has 120 valence electrons. The first-order valence-corrected chi connectivity index (χ1v) is 7.30. The van der Waals surface area contributed by atoms with E-state index in [1.165, 1.54) is 22.9 Å². The average Bonchev–Trinajstić information content (AvgIpc) is 2.52. The molecule has 0 radical (unpaired) electrons. The minimum absolute atomic E-state index is 0.154. The summed E-state index contributed by atoms with van der Waals surface area (Å²) in [6.45, 7) is 1.87. The van der Waals surface area contributed by atoms with Crippen molar-refractivity contribution in [2.24, 2.45) is 0 Å². The van der Waals surface area contributed by atoms with Gasteiger partial charge in [-0.15, -0.1) is 0 Å². The fourth-order valence-electron chi connectivity index (χ4n) is 1.89. The number of carbonyl (C=O) groups is 2. The van der Waals surface area contributed by atoms with Crippen LogP contribution in [-0.2, 0) is 16.1 Å². The van der Waals surface area contributed by atoms with Gasteiger partial charge in [0.1, 0.15) is 6.54 Å². The number of halogens is 1. The van der Waals surface area contributed by atoms with Crippen molar-refractivity contribution >= 4 is 29.2 Å². The van der Waals surface area contributed by atoms with Crippen LogP contribution in [0, 0.1) is 0 Å². The number of esters is 1. The Bertz CT molecular complexity index is 768. The van der Waals surface area contributed by atoms with Gasteiger partial charge < -0.3 is 14.6 Å². The van der Waals surface area contributed by atoms with Crippen molar-refractivity contribution in [1.82, 2.24) is 4.57 Å². The molecule has 2 rings (SSSR count). The molecule has 0 aliphatic carbocycles. The highest BCUT2D eigenvalue weighted by Gasteiger charge is 2.08. The van der Waals surface area contributed by atoms with Gasteiger partial charge in [-0.1, -0.05) is 11.6 Å². The molecule has 0 atom stereocenters. The van der Waals surface area contributed by atoms with Gasteiger partial charge in [0.25, 0.3) is 5.56 Å². The van der Waals surface area contributed by atoms with Gasteiger partial charge in [-0.05, 0) is 37.3 Å². The molecule has 0 fully saturated rings. The van der Waals surface area contributed by atoms with Crippen molar-refractivity contribution in [3.63, 3.8) is 0 Å². The third-order valence-electron chi connectivity index (χ3n) is 2.94. The van der Waals surface area contributed by atoms with Gasteiger partial charge in [-0.3, -0.25) is 9.59 Å². The molecule has 0 aliphatic rings. The van der Waals surface area contributed by atoms with E-state index >= 15 is 0 Å². The van der Waals surface area contributed by atoms with Gasteiger partial charge in [0, 0.05) is 18.0 Å². The molecule has 2 aromatic rings. The van der Waals surface area contributed by atoms with E-state index in [9.17, 15) is 14.4 Å². The summed E-state index contributed by atoms with van der Waals surface area (Å²) in [5.41, 5.74) is 0.594. The van der Waals surface area contributed by atoms with Crippen molar-refractivity contribution in [3.05, 3.63) is 63.5 Å². The largest absolute Gasteiger partial charge is 0.462 e. The number of nitrogens with one attached hydrogen (secondary N) is 1. The number of pyridine rings is 1. The number of anilines is 1. The van der Waals surface area contributed by atoms with E-state index in [2.05, 4.69) is 5.32 Å². The van der Waals surface area contributed by atoms with E-state index in [4.69, 9.17) is 16.3 Å². The van der Waals surface area contributed by atoms with Gasteiger partial charge in [-0.2, -0.15) is 0 Å². The second-order valence-corrected chi connectivity index (χ2v) is 5.10. The molecule has 1 N–H and O–H groups in total. The molecule has 0 spiro atoms. The van der Waals surface area contributed by atoms with Gasteiger partial charge in [0.15, 0.2) is 0 Å². The van der Waals surface area contributed by atoms with Crippen molar-refractivity contribution in [2.45, 2.75) is 13.5 Å². The maximum atomic E-state index is 12.0. The molecule has 0 saturated carbocycles. The fraction of sp³-hybridized carbons (Fsp3) is 0.188. The minimum Gasteiger partial charge on any atom is -0.462 e. The van der Waals surface area contributed by atoms with Crippen LogP contribution in [0.2, 0.25) is 5.02 Å². The van der Waals surface area contributed by atoms with Crippen LogP contribution in [0.3, 0.4) is 0 Å². The molecule has 6 nitrogen and oxygen atoms in total. The monoisotopic (exact) mass is 334 g/mol. The first kappa shape index (κ1) is 16.8. The lowest BCUT2D eigenvalue weighted by molar-refractivity contribution is -0.116. The summed E-state index contributed by atoms with van der Waals surface area (Å²) in [6.07, 6.45) is 1.40. The first-order valence-electron chi connectivity index (χ1n) is 6.92. The molecule has 0 bridgehead atoms. The summed E-state index contributed by atoms with van der Waals surface area (Å²) >= 11 is 5.80. The van der Waals surface area contributed by atoms with Gasteiger partial charge in [-0.25, -0.2) is 4.79 Å². The Morgan fingerprint density at radius 3 is 2.52 bits per heavy atom. The third-order valence-corrected chi connectivity index (χ3v) is 3.16. The van der Waals surface area contributed by atoms with E-state index in [0.717, 1.165) is 0 Å². The number of hydrogen-bond acceptors (Lipinski definition) is 4. The number of aromatic nitrogens is 1. The standard InChI is InChI=1S/C16H15ClN2O4/c1-2-23-16(22)11-3-6-13(7-4-11)18-14(20)10-19-9-12(17)5-8-15(19)21/h3-9H,2,10H2,1H3,(H,18,20). The predicted molar refractivity (Wildman–Crippen MR) is 86.7 cm³/mol. The van der Waals surface area contributed by atoms with Crippen LogP contribution in [0.15, 0.2) is 47.4 Å². The van der Waals surface area contributed by atoms with Crippen LogP contribution in [0.1, 0.15) is 17.3 Å². The van der Waals surface area contributed by atoms with Gasteiger partial charge in [0.2, 0.25) is 5.91 Å². The Morgan fingerprint density at radius 2 is 1.87 bits per heavy atom. The summed E-state index contributed by atoms with van der Waals surface area (Å²) in [5, 5.41) is 3.01. The lowest BCUT2D eigenvalue weighted by atomic mass is 10.2. The van der Waals surface area contributed by atoms with Gasteiger partial charge in [0.05, 0.1) is 17.2 Å². The Hall–Kier alpha value is -2.60. The summed E-state index contributed by atoms with van der Waals surface area (Å²) in [7, 11) is 0. The normalized spacial score (nSPS) is 10.2. The highest BCUT2D eigenvalue weighted by molar-refractivity contribution is 6.30. The highest BCUT2D eigenvalue weighted by atomic mass is 35.5. The number of amides is 1. The Balaban J connectivity index is 2.01. The molecule has 0 aliphatic heterocycles. The maximum Gasteiger partial charge on any atom is 0.338 e. The number of benzene rings is 1. The molecule has 1 aromatic heterocycles. The van der Waals surface area contributed by atoms with Gasteiger partial charge >= 0.3 is 5.97 Å². The molecule has 1 heterocycles. The fourth-order valence-corrected chi connectivity index (χ4v) is 2.07. The lowest BCUT2D eigenvalue weighted by Crippen LogP contribution is -2.26. The molecule has 23 heavy (non-hydrogen) atoms. The molecular weight excluding hydrogens is 320 g/mol. The Morgan fingerprint density at radius 1 is 1.17 bits per heavy atom. The second kappa shape index (κ2) is 7.60. The van der Waals surface area contributed by atoms with E-state index in [1.54, 1.807) is 31.2 Å². The number of ether oxygens (including phenoxy) is 1. The molecule has 1 aromatic carbocycles. The molecule has 0 saturated heterocycles. The Kier molecular flexibility index (Phi) is 5.54. The van der Waals surface area contributed by atoms with Crippen molar-refractivity contribution in [1.29, 1.82) is 0 Å². The van der Waals surface area contributed by atoms with E-state index in [-0.39, 0.29) is 18.0 Å². The van der Waals surface area contributed by atoms with Crippen LogP contribution in [-0.4, -0.2) is 23.1 Å². The summed E-state index contributed by atoms with van der Waals surface area (Å²) in [4.78, 5) is 35.1. The SMILES string of the molecule is CCOC(=O)c1ccc(NC(=O)Cn2cc(Cl)ccc2=O)cc1. The van der Waals surface area contributed by atoms with Crippen LogP contribution in [0.4, 0.5) is 5.69 Å². The summed E-state index contributed by atoms with van der Waals surface area (Å²) < 4.78 is 6.09. The lowest BCUT2D eigenvalue weighted by Gasteiger charge is -2.08. The van der Waals surface area contributed by atoms with Crippen LogP contribution >= 0.6 is 11.6 Å². The minimum atomic E-state index is -0.421. The zero-order valence-electron chi connectivity index (χ0n) is 12.4. The molecule has 0 unspecified atom stereocenters. The second-order valence-electron chi connectivity index (χ2n) is 4.66. The maximum absolute atomic E-state index is 12.0. The number of hydrogen-bond donors (Lipinski definition) is 1. The quantitative estimate of drug-likeness (QED) is 0.851. The number of carbonyl (C=O) groups excluding carboxylic acids is 2. The van der Waals surface area contributed by atoms with E-state index < -0.39 is 5.97 Å². The predicted octanol–water partition coefficient (Wildman–Crippen LogP) is 2.32. The number of nitrogens with zero attached hydrogens (tertiary/aromatic N) is 1. The first-order chi connectivity index (χ1) is 11.0.